The fourth-order valence-electron chi connectivity index (χ4n) is 3.09. The summed E-state index contributed by atoms with van der Waals surface area (Å²) >= 11 is 0. The number of piperazine rings is 1. The molecule has 1 N–H and O–H groups in total. The van der Waals surface area contributed by atoms with Crippen molar-refractivity contribution < 1.29 is 17.6 Å². The van der Waals surface area contributed by atoms with Crippen LogP contribution in [0.3, 0.4) is 0 Å². The van der Waals surface area contributed by atoms with E-state index in [0.717, 1.165) is 0 Å². The van der Waals surface area contributed by atoms with Crippen molar-refractivity contribution in [1.82, 2.24) is 9.80 Å². The zero-order chi connectivity index (χ0) is 16.4. The molecule has 2 saturated heterocycles. The third-order valence-corrected chi connectivity index (χ3v) is 6.17. The largest absolute Gasteiger partial charge is 0.322 e. The Labute approximate surface area is 135 Å². The third-order valence-electron chi connectivity index (χ3n) is 4.42. The van der Waals surface area contributed by atoms with E-state index >= 15 is 0 Å². The van der Waals surface area contributed by atoms with Gasteiger partial charge in [0, 0.05) is 37.9 Å². The molecule has 1 aromatic rings. The van der Waals surface area contributed by atoms with Crippen LogP contribution in [0.25, 0.3) is 0 Å². The first kappa shape index (κ1) is 16.2. The second kappa shape index (κ2) is 6.45. The fourth-order valence-corrected chi connectivity index (χ4v) is 4.85. The van der Waals surface area contributed by atoms with Crippen LogP contribution in [-0.2, 0) is 9.84 Å². The van der Waals surface area contributed by atoms with Crippen molar-refractivity contribution in [3.05, 3.63) is 30.1 Å². The van der Waals surface area contributed by atoms with Crippen LogP contribution in [0.5, 0.6) is 0 Å². The van der Waals surface area contributed by atoms with Crippen LogP contribution in [0.15, 0.2) is 24.3 Å². The first-order chi connectivity index (χ1) is 10.9. The summed E-state index contributed by atoms with van der Waals surface area (Å²) in [5.41, 5.74) is 0.556. The highest BCUT2D eigenvalue weighted by Gasteiger charge is 2.34. The number of hydrogen-bond donors (Lipinski definition) is 1. The number of amides is 2. The lowest BCUT2D eigenvalue weighted by Crippen LogP contribution is -2.53. The molecule has 126 valence electrons. The second-order valence-corrected chi connectivity index (χ2v) is 8.25. The van der Waals surface area contributed by atoms with Crippen molar-refractivity contribution in [3.8, 4) is 0 Å². The van der Waals surface area contributed by atoms with Gasteiger partial charge in [0.15, 0.2) is 9.84 Å². The number of urea groups is 1. The number of rotatable bonds is 2. The van der Waals surface area contributed by atoms with Crippen molar-refractivity contribution in [3.63, 3.8) is 0 Å². The van der Waals surface area contributed by atoms with E-state index in [-0.39, 0.29) is 29.4 Å². The summed E-state index contributed by atoms with van der Waals surface area (Å²) in [5, 5.41) is 2.74. The molecule has 2 heterocycles. The van der Waals surface area contributed by atoms with Crippen LogP contribution < -0.4 is 5.32 Å². The topological polar surface area (TPSA) is 69.7 Å². The summed E-state index contributed by atoms with van der Waals surface area (Å²) in [6, 6.07) is 5.51. The summed E-state index contributed by atoms with van der Waals surface area (Å²) in [6.45, 7) is 2.47. The van der Waals surface area contributed by atoms with Gasteiger partial charge in [-0.2, -0.15) is 0 Å². The van der Waals surface area contributed by atoms with Crippen LogP contribution >= 0.6 is 0 Å². The van der Waals surface area contributed by atoms with Crippen molar-refractivity contribution in [2.75, 3.05) is 43.0 Å². The van der Waals surface area contributed by atoms with E-state index in [0.29, 0.717) is 38.3 Å². The van der Waals surface area contributed by atoms with Gasteiger partial charge in [0.25, 0.3) is 0 Å². The molecule has 1 atom stereocenters. The molecule has 2 fully saturated rings. The molecule has 1 aromatic carbocycles. The number of benzene rings is 1. The van der Waals surface area contributed by atoms with E-state index in [1.807, 2.05) is 0 Å². The van der Waals surface area contributed by atoms with Crippen molar-refractivity contribution in [2.45, 2.75) is 12.5 Å². The van der Waals surface area contributed by atoms with Gasteiger partial charge in [-0.3, -0.25) is 4.90 Å². The van der Waals surface area contributed by atoms with E-state index in [9.17, 15) is 17.6 Å². The van der Waals surface area contributed by atoms with Gasteiger partial charge < -0.3 is 10.2 Å². The maximum Gasteiger partial charge on any atom is 0.321 e. The molecule has 23 heavy (non-hydrogen) atoms. The normalized spacial score (nSPS) is 24.6. The van der Waals surface area contributed by atoms with Crippen LogP contribution in [-0.4, -0.2) is 68.0 Å². The zero-order valence-electron chi connectivity index (χ0n) is 12.7. The van der Waals surface area contributed by atoms with Gasteiger partial charge in [0.1, 0.15) is 5.82 Å². The van der Waals surface area contributed by atoms with Gasteiger partial charge in [-0.1, -0.05) is 0 Å². The molecule has 0 spiro atoms. The fraction of sp³-hybridized carbons (Fsp3) is 0.533. The number of carbonyl (C=O) groups excluding carboxylic acids is 1. The first-order valence-electron chi connectivity index (χ1n) is 7.69. The third kappa shape index (κ3) is 4.00. The van der Waals surface area contributed by atoms with Gasteiger partial charge in [-0.25, -0.2) is 17.6 Å². The molecule has 0 unspecified atom stereocenters. The molecule has 0 aliphatic carbocycles. The lowest BCUT2D eigenvalue weighted by Gasteiger charge is -2.37. The highest BCUT2D eigenvalue weighted by Crippen LogP contribution is 2.19. The Hall–Kier alpha value is -1.67. The summed E-state index contributed by atoms with van der Waals surface area (Å²) in [7, 11) is -2.88. The quantitative estimate of drug-likeness (QED) is 0.876. The SMILES string of the molecule is O=C(Nc1ccc(F)cc1)N1CCN([C@H]2CCS(=O)(=O)C2)CC1. The van der Waals surface area contributed by atoms with Gasteiger partial charge in [0.2, 0.25) is 0 Å². The Bertz CT molecular complexity index is 670. The number of nitrogens with zero attached hydrogens (tertiary/aromatic N) is 2. The van der Waals surface area contributed by atoms with Crippen molar-refractivity contribution in [1.29, 1.82) is 0 Å². The maximum atomic E-state index is 12.9. The molecule has 2 aliphatic rings. The minimum atomic E-state index is -2.88. The van der Waals surface area contributed by atoms with E-state index in [1.165, 1.54) is 24.3 Å². The Kier molecular flexibility index (Phi) is 4.54. The molecule has 2 aliphatic heterocycles. The van der Waals surface area contributed by atoms with E-state index in [1.54, 1.807) is 4.90 Å². The Balaban J connectivity index is 1.50. The molecular formula is C15H20FN3O3S. The monoisotopic (exact) mass is 341 g/mol. The summed E-state index contributed by atoms with van der Waals surface area (Å²) in [4.78, 5) is 16.0. The summed E-state index contributed by atoms with van der Waals surface area (Å²) in [5.74, 6) is 0.153. The van der Waals surface area contributed by atoms with Gasteiger partial charge >= 0.3 is 6.03 Å². The summed E-state index contributed by atoms with van der Waals surface area (Å²) < 4.78 is 36.0. The summed E-state index contributed by atoms with van der Waals surface area (Å²) in [6.07, 6.45) is 0.685. The van der Waals surface area contributed by atoms with E-state index in [2.05, 4.69) is 10.2 Å². The van der Waals surface area contributed by atoms with Crippen LogP contribution in [0.1, 0.15) is 6.42 Å². The number of nitrogens with one attached hydrogen (secondary N) is 1. The molecule has 0 saturated carbocycles. The number of sulfone groups is 1. The molecule has 2 amide bonds. The minimum absolute atomic E-state index is 0.0855. The Morgan fingerprint density at radius 2 is 1.78 bits per heavy atom. The van der Waals surface area contributed by atoms with Crippen LogP contribution in [0.2, 0.25) is 0 Å². The molecule has 8 heteroatoms. The lowest BCUT2D eigenvalue weighted by atomic mass is 10.2. The number of hydrogen-bond acceptors (Lipinski definition) is 4. The number of carbonyl (C=O) groups is 1. The minimum Gasteiger partial charge on any atom is -0.322 e. The second-order valence-electron chi connectivity index (χ2n) is 6.02. The Morgan fingerprint density at radius 1 is 1.13 bits per heavy atom. The lowest BCUT2D eigenvalue weighted by molar-refractivity contribution is 0.121. The predicted molar refractivity (Wildman–Crippen MR) is 85.6 cm³/mol. The van der Waals surface area contributed by atoms with Crippen molar-refractivity contribution >= 4 is 21.6 Å². The standard InChI is InChI=1S/C15H20FN3O3S/c16-12-1-3-13(4-2-12)17-15(20)19-8-6-18(7-9-19)14-5-10-23(21,22)11-14/h1-4,14H,5-11H2,(H,17,20)/t14-/m0/s1. The van der Waals surface area contributed by atoms with Crippen molar-refractivity contribution in [2.24, 2.45) is 0 Å². The predicted octanol–water partition coefficient (Wildman–Crippen LogP) is 1.16. The molecule has 6 nitrogen and oxygen atoms in total. The number of anilines is 1. The van der Waals surface area contributed by atoms with Gasteiger partial charge in [-0.15, -0.1) is 0 Å². The van der Waals surface area contributed by atoms with E-state index < -0.39 is 9.84 Å². The van der Waals surface area contributed by atoms with Crippen LogP contribution in [0, 0.1) is 5.82 Å². The first-order valence-corrected chi connectivity index (χ1v) is 9.51. The molecule has 0 aromatic heterocycles. The molecule has 3 rings (SSSR count). The zero-order valence-corrected chi connectivity index (χ0v) is 13.6. The van der Waals surface area contributed by atoms with Crippen LogP contribution in [0.4, 0.5) is 14.9 Å². The molecular weight excluding hydrogens is 321 g/mol. The Morgan fingerprint density at radius 3 is 2.35 bits per heavy atom. The highest BCUT2D eigenvalue weighted by atomic mass is 32.2. The van der Waals surface area contributed by atoms with E-state index in [4.69, 9.17) is 0 Å². The smallest absolute Gasteiger partial charge is 0.321 e. The maximum absolute atomic E-state index is 12.9. The average Bonchev–Trinajstić information content (AvgIpc) is 2.90. The van der Waals surface area contributed by atoms with Gasteiger partial charge in [0.05, 0.1) is 11.5 Å². The highest BCUT2D eigenvalue weighted by molar-refractivity contribution is 7.91. The molecule has 0 radical (unpaired) electrons. The molecule has 0 bridgehead atoms. The number of halogens is 1. The average molecular weight is 341 g/mol. The van der Waals surface area contributed by atoms with Gasteiger partial charge in [-0.05, 0) is 30.7 Å².